The van der Waals surface area contributed by atoms with Crippen molar-refractivity contribution >= 4 is 27.4 Å². The van der Waals surface area contributed by atoms with Gasteiger partial charge in [-0.15, -0.1) is 11.6 Å². The minimum Gasteiger partial charge on any atom is -0.293 e. The number of benzene rings is 1. The Kier molecular flexibility index (Phi) is 3.01. The summed E-state index contributed by atoms with van der Waals surface area (Å²) in [6.45, 7) is 0.0377. The van der Waals surface area contributed by atoms with Crippen LogP contribution < -0.4 is 0 Å². The molecule has 0 fully saturated rings. The molecule has 2 rings (SSSR count). The number of rotatable bonds is 2. The maximum absolute atomic E-state index is 12.1. The van der Waals surface area contributed by atoms with Gasteiger partial charge in [-0.05, 0) is 12.1 Å². The number of carbonyl (C=O) groups excluding carboxylic acids is 1. The van der Waals surface area contributed by atoms with Crippen LogP contribution in [0.15, 0.2) is 29.2 Å². The number of alkyl halides is 1. The van der Waals surface area contributed by atoms with Crippen molar-refractivity contribution in [3.8, 4) is 0 Å². The van der Waals surface area contributed by atoms with Crippen LogP contribution in [0.3, 0.4) is 0 Å². The molecule has 0 aliphatic carbocycles. The van der Waals surface area contributed by atoms with Crippen molar-refractivity contribution in [3.05, 3.63) is 29.8 Å². The Balaban J connectivity index is 2.57. The van der Waals surface area contributed by atoms with Crippen molar-refractivity contribution < 1.29 is 13.2 Å². The Morgan fingerprint density at radius 2 is 2.00 bits per heavy atom. The summed E-state index contributed by atoms with van der Waals surface area (Å²) in [6, 6.07) is 6.24. The van der Waals surface area contributed by atoms with E-state index in [1.165, 1.54) is 12.1 Å². The Hall–Kier alpha value is -0.910. The number of halogens is 1. The molecule has 0 saturated carbocycles. The first kappa shape index (κ1) is 11.6. The van der Waals surface area contributed by atoms with Crippen molar-refractivity contribution in [2.24, 2.45) is 0 Å². The average molecular weight is 260 g/mol. The summed E-state index contributed by atoms with van der Waals surface area (Å²) in [5.41, 5.74) is 0.272. The molecule has 86 valence electrons. The summed E-state index contributed by atoms with van der Waals surface area (Å²) in [5, 5.41) is 0. The molecule has 0 amide bonds. The lowest BCUT2D eigenvalue weighted by Crippen LogP contribution is -2.41. The van der Waals surface area contributed by atoms with E-state index in [0.29, 0.717) is 0 Å². The zero-order valence-corrected chi connectivity index (χ0v) is 9.96. The summed E-state index contributed by atoms with van der Waals surface area (Å²) in [5.74, 6) is -0.00941. The number of fused-ring (bicyclic) bond motifs is 1. The molecule has 16 heavy (non-hydrogen) atoms. The minimum atomic E-state index is -3.55. The highest BCUT2D eigenvalue weighted by atomic mass is 35.5. The van der Waals surface area contributed by atoms with Gasteiger partial charge in [-0.25, -0.2) is 8.42 Å². The molecular weight excluding hydrogens is 250 g/mol. The third-order valence-electron chi connectivity index (χ3n) is 2.46. The molecular formula is C10H10ClNO3S. The summed E-state index contributed by atoms with van der Waals surface area (Å²) in [7, 11) is -3.55. The summed E-state index contributed by atoms with van der Waals surface area (Å²) < 4.78 is 25.2. The fraction of sp³-hybridized carbons (Fsp3) is 0.300. The van der Waals surface area contributed by atoms with E-state index in [0.717, 1.165) is 4.31 Å². The first-order chi connectivity index (χ1) is 7.57. The molecule has 1 aromatic rings. The fourth-order valence-corrected chi connectivity index (χ4v) is 3.60. The van der Waals surface area contributed by atoms with Crippen LogP contribution in [0.25, 0.3) is 0 Å². The van der Waals surface area contributed by atoms with Gasteiger partial charge in [0, 0.05) is 18.0 Å². The highest BCUT2D eigenvalue weighted by molar-refractivity contribution is 7.89. The van der Waals surface area contributed by atoms with Crippen molar-refractivity contribution in [3.63, 3.8) is 0 Å². The van der Waals surface area contributed by atoms with Gasteiger partial charge in [-0.1, -0.05) is 12.1 Å². The van der Waals surface area contributed by atoms with Gasteiger partial charge in [0.1, 0.15) is 0 Å². The van der Waals surface area contributed by atoms with Gasteiger partial charge in [0.15, 0.2) is 5.78 Å². The second-order valence-electron chi connectivity index (χ2n) is 3.45. The third kappa shape index (κ3) is 1.75. The second kappa shape index (κ2) is 4.16. The predicted octanol–water partition coefficient (Wildman–Crippen LogP) is 1.11. The zero-order chi connectivity index (χ0) is 11.8. The van der Waals surface area contributed by atoms with Crippen LogP contribution in [-0.2, 0) is 10.0 Å². The number of hydrogen-bond acceptors (Lipinski definition) is 3. The summed E-state index contributed by atoms with van der Waals surface area (Å²) >= 11 is 5.52. The van der Waals surface area contributed by atoms with Crippen molar-refractivity contribution in [2.75, 3.05) is 19.0 Å². The maximum atomic E-state index is 12.1. The van der Waals surface area contributed by atoms with E-state index in [-0.39, 0.29) is 35.2 Å². The van der Waals surface area contributed by atoms with E-state index in [4.69, 9.17) is 11.6 Å². The molecule has 6 heteroatoms. The molecule has 1 heterocycles. The van der Waals surface area contributed by atoms with Crippen LogP contribution in [-0.4, -0.2) is 37.5 Å². The maximum Gasteiger partial charge on any atom is 0.244 e. The van der Waals surface area contributed by atoms with E-state index in [1.54, 1.807) is 12.1 Å². The first-order valence-electron chi connectivity index (χ1n) is 4.75. The normalized spacial score (nSPS) is 19.4. The molecule has 1 aromatic carbocycles. The number of nitrogens with zero attached hydrogens (tertiary/aromatic N) is 1. The quantitative estimate of drug-likeness (QED) is 0.748. The van der Waals surface area contributed by atoms with E-state index in [2.05, 4.69) is 0 Å². The van der Waals surface area contributed by atoms with Gasteiger partial charge in [0.25, 0.3) is 0 Å². The molecule has 1 aliphatic rings. The molecule has 0 bridgehead atoms. The van der Waals surface area contributed by atoms with E-state index >= 15 is 0 Å². The lowest BCUT2D eigenvalue weighted by atomic mass is 10.1. The molecule has 0 spiro atoms. The highest BCUT2D eigenvalue weighted by Crippen LogP contribution is 2.25. The van der Waals surface area contributed by atoms with Crippen LogP contribution in [0.2, 0.25) is 0 Å². The van der Waals surface area contributed by atoms with Gasteiger partial charge in [0.2, 0.25) is 10.0 Å². The van der Waals surface area contributed by atoms with Crippen LogP contribution in [0, 0.1) is 0 Å². The molecule has 0 atom stereocenters. The standard InChI is InChI=1S/C10H10ClNO3S/c11-5-6-12-7-9(13)8-3-1-2-4-10(8)16(12,14)15/h1-4H,5-7H2. The minimum absolute atomic E-state index is 0.0800. The molecule has 0 unspecified atom stereocenters. The summed E-state index contributed by atoms with van der Waals surface area (Å²) in [6.07, 6.45) is 0. The Morgan fingerprint density at radius 1 is 1.31 bits per heavy atom. The Morgan fingerprint density at radius 3 is 2.69 bits per heavy atom. The highest BCUT2D eigenvalue weighted by Gasteiger charge is 2.34. The number of sulfonamides is 1. The molecule has 0 saturated heterocycles. The van der Waals surface area contributed by atoms with Gasteiger partial charge < -0.3 is 0 Å². The van der Waals surface area contributed by atoms with Crippen molar-refractivity contribution in [1.29, 1.82) is 0 Å². The van der Waals surface area contributed by atoms with Crippen LogP contribution in [0.5, 0.6) is 0 Å². The van der Waals surface area contributed by atoms with E-state index in [1.807, 2.05) is 0 Å². The third-order valence-corrected chi connectivity index (χ3v) is 4.53. The van der Waals surface area contributed by atoms with E-state index < -0.39 is 10.0 Å². The molecule has 1 aliphatic heterocycles. The molecule has 4 nitrogen and oxygen atoms in total. The van der Waals surface area contributed by atoms with Gasteiger partial charge in [0.05, 0.1) is 11.4 Å². The van der Waals surface area contributed by atoms with E-state index in [9.17, 15) is 13.2 Å². The Labute approximate surface area is 98.9 Å². The number of ketones is 1. The molecule has 0 N–H and O–H groups in total. The van der Waals surface area contributed by atoms with Crippen molar-refractivity contribution in [2.45, 2.75) is 4.90 Å². The number of Topliss-reactive ketones (excluding diaryl/α,β-unsaturated/α-hetero) is 1. The number of carbonyl (C=O) groups is 1. The van der Waals surface area contributed by atoms with Crippen LogP contribution in [0.4, 0.5) is 0 Å². The van der Waals surface area contributed by atoms with Crippen molar-refractivity contribution in [1.82, 2.24) is 4.31 Å². The first-order valence-corrected chi connectivity index (χ1v) is 6.73. The van der Waals surface area contributed by atoms with Crippen LogP contribution in [0.1, 0.15) is 10.4 Å². The lowest BCUT2D eigenvalue weighted by Gasteiger charge is -2.26. The zero-order valence-electron chi connectivity index (χ0n) is 8.39. The fourth-order valence-electron chi connectivity index (χ4n) is 1.68. The molecule has 0 radical (unpaired) electrons. The average Bonchev–Trinajstić information content (AvgIpc) is 2.27. The van der Waals surface area contributed by atoms with Gasteiger partial charge >= 0.3 is 0 Å². The Bertz CT molecular complexity index is 527. The molecule has 0 aromatic heterocycles. The largest absolute Gasteiger partial charge is 0.293 e. The monoisotopic (exact) mass is 259 g/mol. The lowest BCUT2D eigenvalue weighted by molar-refractivity contribution is 0.0958. The second-order valence-corrected chi connectivity index (χ2v) is 5.73. The predicted molar refractivity (Wildman–Crippen MR) is 60.3 cm³/mol. The SMILES string of the molecule is O=C1CN(CCCl)S(=O)(=O)c2ccccc21. The smallest absolute Gasteiger partial charge is 0.244 e. The van der Waals surface area contributed by atoms with Gasteiger partial charge in [-0.3, -0.25) is 4.79 Å². The summed E-state index contributed by atoms with van der Waals surface area (Å²) in [4.78, 5) is 11.8. The van der Waals surface area contributed by atoms with Crippen LogP contribution >= 0.6 is 11.6 Å². The topological polar surface area (TPSA) is 54.5 Å². The number of hydrogen-bond donors (Lipinski definition) is 0. The van der Waals surface area contributed by atoms with Gasteiger partial charge in [-0.2, -0.15) is 4.31 Å².